The van der Waals surface area contributed by atoms with Crippen molar-refractivity contribution in [2.45, 2.75) is 38.1 Å². The molecule has 0 aliphatic rings. The van der Waals surface area contributed by atoms with Crippen LogP contribution in [0.1, 0.15) is 31.7 Å². The maximum atomic E-state index is 8.99. The van der Waals surface area contributed by atoms with Gasteiger partial charge >= 0.3 is 0 Å². The molecule has 1 rings (SSSR count). The van der Waals surface area contributed by atoms with Crippen molar-refractivity contribution in [2.75, 3.05) is 6.61 Å². The summed E-state index contributed by atoms with van der Waals surface area (Å²) in [6.45, 7) is 1.97. The predicted molar refractivity (Wildman–Crippen MR) is 63.7 cm³/mol. The maximum Gasteiger partial charge on any atom is 0.0608 e. The highest BCUT2D eigenvalue weighted by atomic mass is 16.3. The van der Waals surface area contributed by atoms with E-state index in [9.17, 15) is 0 Å². The van der Waals surface area contributed by atoms with E-state index >= 15 is 0 Å². The fraction of sp³-hybridized carbons (Fsp3) is 0.538. The van der Waals surface area contributed by atoms with Gasteiger partial charge in [-0.15, -0.1) is 0 Å². The molecule has 0 amide bonds. The van der Waals surface area contributed by atoms with Crippen molar-refractivity contribution in [2.24, 2.45) is 5.73 Å². The zero-order valence-corrected chi connectivity index (χ0v) is 9.45. The largest absolute Gasteiger partial charge is 0.394 e. The van der Waals surface area contributed by atoms with E-state index in [1.807, 2.05) is 13.0 Å². The number of rotatable bonds is 6. The van der Waals surface area contributed by atoms with Crippen LogP contribution in [0.2, 0.25) is 0 Å². The summed E-state index contributed by atoms with van der Waals surface area (Å²) in [5.41, 5.74) is 6.81. The summed E-state index contributed by atoms with van der Waals surface area (Å²) in [4.78, 5) is 0. The zero-order chi connectivity index (χ0) is 11.1. The minimum absolute atomic E-state index is 0.0678. The fourth-order valence-corrected chi connectivity index (χ4v) is 1.58. The van der Waals surface area contributed by atoms with Crippen molar-refractivity contribution >= 4 is 0 Å². The number of aliphatic hydroxyl groups is 1. The third kappa shape index (κ3) is 4.96. The second-order valence-electron chi connectivity index (χ2n) is 4.50. The van der Waals surface area contributed by atoms with Gasteiger partial charge < -0.3 is 10.8 Å². The van der Waals surface area contributed by atoms with Crippen LogP contribution in [0, 0.1) is 0 Å². The summed E-state index contributed by atoms with van der Waals surface area (Å²) >= 11 is 0. The number of nitrogens with two attached hydrogens (primary N) is 1. The van der Waals surface area contributed by atoms with Crippen LogP contribution in [-0.4, -0.2) is 17.3 Å². The molecule has 0 aliphatic carbocycles. The van der Waals surface area contributed by atoms with Gasteiger partial charge in [-0.1, -0.05) is 36.8 Å². The first-order chi connectivity index (χ1) is 7.14. The average molecular weight is 207 g/mol. The van der Waals surface area contributed by atoms with E-state index in [0.717, 1.165) is 25.7 Å². The number of aryl methyl sites for hydroxylation is 1. The normalized spacial score (nSPS) is 14.9. The Labute approximate surface area is 92.1 Å². The molecule has 0 saturated carbocycles. The molecule has 0 aromatic heterocycles. The lowest BCUT2D eigenvalue weighted by Crippen LogP contribution is -2.39. The molecule has 1 unspecified atom stereocenters. The SMILES string of the molecule is CC(N)(CO)CCCCc1ccccc1. The second kappa shape index (κ2) is 5.89. The van der Waals surface area contributed by atoms with Crippen molar-refractivity contribution in [3.05, 3.63) is 35.9 Å². The van der Waals surface area contributed by atoms with Gasteiger partial charge in [-0.25, -0.2) is 0 Å². The molecule has 0 spiro atoms. The quantitative estimate of drug-likeness (QED) is 0.702. The molecule has 0 heterocycles. The topological polar surface area (TPSA) is 46.2 Å². The standard InChI is InChI=1S/C13H21NO/c1-13(14,11-15)10-6-5-9-12-7-3-2-4-8-12/h2-4,7-8,15H,5-6,9-11,14H2,1H3. The zero-order valence-electron chi connectivity index (χ0n) is 9.45. The Hall–Kier alpha value is -0.860. The minimum Gasteiger partial charge on any atom is -0.394 e. The summed E-state index contributed by atoms with van der Waals surface area (Å²) in [7, 11) is 0. The second-order valence-corrected chi connectivity index (χ2v) is 4.50. The highest BCUT2D eigenvalue weighted by Crippen LogP contribution is 2.12. The summed E-state index contributed by atoms with van der Waals surface area (Å²) in [5, 5.41) is 8.99. The Balaban J connectivity index is 2.18. The molecule has 0 bridgehead atoms. The van der Waals surface area contributed by atoms with Crippen LogP contribution in [0.25, 0.3) is 0 Å². The van der Waals surface area contributed by atoms with Gasteiger partial charge in [0.2, 0.25) is 0 Å². The van der Waals surface area contributed by atoms with Crippen LogP contribution < -0.4 is 5.73 Å². The molecular weight excluding hydrogens is 186 g/mol. The Bertz CT molecular complexity index is 269. The lowest BCUT2D eigenvalue weighted by molar-refractivity contribution is 0.197. The highest BCUT2D eigenvalue weighted by molar-refractivity contribution is 5.14. The van der Waals surface area contributed by atoms with Gasteiger partial charge in [-0.05, 0) is 31.7 Å². The minimum atomic E-state index is -0.406. The lowest BCUT2D eigenvalue weighted by atomic mass is 9.96. The molecule has 0 saturated heterocycles. The van der Waals surface area contributed by atoms with Gasteiger partial charge in [0.15, 0.2) is 0 Å². The van der Waals surface area contributed by atoms with Gasteiger partial charge in [-0.2, -0.15) is 0 Å². The van der Waals surface area contributed by atoms with Gasteiger partial charge in [0.25, 0.3) is 0 Å². The average Bonchev–Trinajstić information content (AvgIpc) is 2.26. The maximum absolute atomic E-state index is 8.99. The van der Waals surface area contributed by atoms with Crippen LogP contribution >= 0.6 is 0 Å². The molecule has 15 heavy (non-hydrogen) atoms. The molecular formula is C13H21NO. The van der Waals surface area contributed by atoms with Crippen molar-refractivity contribution in [1.29, 1.82) is 0 Å². The number of hydrogen-bond donors (Lipinski definition) is 2. The molecule has 0 radical (unpaired) electrons. The summed E-state index contributed by atoms with van der Waals surface area (Å²) < 4.78 is 0. The summed E-state index contributed by atoms with van der Waals surface area (Å²) in [6.07, 6.45) is 4.19. The van der Waals surface area contributed by atoms with Crippen molar-refractivity contribution < 1.29 is 5.11 Å². The van der Waals surface area contributed by atoms with Crippen molar-refractivity contribution in [1.82, 2.24) is 0 Å². The molecule has 1 atom stereocenters. The first-order valence-corrected chi connectivity index (χ1v) is 5.58. The highest BCUT2D eigenvalue weighted by Gasteiger charge is 2.15. The van der Waals surface area contributed by atoms with E-state index < -0.39 is 5.54 Å². The third-order valence-electron chi connectivity index (χ3n) is 2.67. The first kappa shape index (κ1) is 12.2. The van der Waals surface area contributed by atoms with Gasteiger partial charge in [-0.3, -0.25) is 0 Å². The predicted octanol–water partition coefficient (Wildman–Crippen LogP) is 2.11. The molecule has 2 nitrogen and oxygen atoms in total. The third-order valence-corrected chi connectivity index (χ3v) is 2.67. The molecule has 84 valence electrons. The van der Waals surface area contributed by atoms with Gasteiger partial charge in [0.05, 0.1) is 6.61 Å². The summed E-state index contributed by atoms with van der Waals surface area (Å²) in [5.74, 6) is 0. The molecule has 0 aliphatic heterocycles. The van der Waals surface area contributed by atoms with Crippen molar-refractivity contribution in [3.8, 4) is 0 Å². The van der Waals surface area contributed by atoms with E-state index in [1.165, 1.54) is 5.56 Å². The first-order valence-electron chi connectivity index (χ1n) is 5.58. The monoisotopic (exact) mass is 207 g/mol. The van der Waals surface area contributed by atoms with E-state index in [1.54, 1.807) is 0 Å². The molecule has 1 aromatic rings. The number of unbranched alkanes of at least 4 members (excludes halogenated alkanes) is 1. The summed E-state index contributed by atoms with van der Waals surface area (Å²) in [6, 6.07) is 10.5. The Kier molecular flexibility index (Phi) is 4.79. The number of hydrogen-bond acceptors (Lipinski definition) is 2. The van der Waals surface area contributed by atoms with E-state index in [4.69, 9.17) is 10.8 Å². The smallest absolute Gasteiger partial charge is 0.0608 e. The number of aliphatic hydroxyl groups excluding tert-OH is 1. The Morgan fingerprint density at radius 1 is 1.20 bits per heavy atom. The van der Waals surface area contributed by atoms with Gasteiger partial charge in [0.1, 0.15) is 0 Å². The molecule has 0 fully saturated rings. The van der Waals surface area contributed by atoms with Gasteiger partial charge in [0, 0.05) is 5.54 Å². The van der Waals surface area contributed by atoms with E-state index in [2.05, 4.69) is 24.3 Å². The lowest BCUT2D eigenvalue weighted by Gasteiger charge is -2.21. The van der Waals surface area contributed by atoms with Crippen LogP contribution in [0.15, 0.2) is 30.3 Å². The van der Waals surface area contributed by atoms with Crippen LogP contribution in [0.4, 0.5) is 0 Å². The Morgan fingerprint density at radius 2 is 1.87 bits per heavy atom. The van der Waals surface area contributed by atoms with Crippen LogP contribution in [-0.2, 0) is 6.42 Å². The molecule has 1 aromatic carbocycles. The molecule has 2 heteroatoms. The fourth-order valence-electron chi connectivity index (χ4n) is 1.58. The van der Waals surface area contributed by atoms with E-state index in [-0.39, 0.29) is 6.61 Å². The Morgan fingerprint density at radius 3 is 2.47 bits per heavy atom. The van der Waals surface area contributed by atoms with Crippen molar-refractivity contribution in [3.63, 3.8) is 0 Å². The van der Waals surface area contributed by atoms with E-state index in [0.29, 0.717) is 0 Å². The van der Waals surface area contributed by atoms with Crippen LogP contribution in [0.3, 0.4) is 0 Å². The number of benzene rings is 1. The molecule has 3 N–H and O–H groups in total. The van der Waals surface area contributed by atoms with Crippen LogP contribution in [0.5, 0.6) is 0 Å².